The Morgan fingerprint density at radius 2 is 2.42 bits per heavy atom. The van der Waals surface area contributed by atoms with Gasteiger partial charge >= 0.3 is 0 Å². The summed E-state index contributed by atoms with van der Waals surface area (Å²) in [7, 11) is 0. The van der Waals surface area contributed by atoms with Crippen LogP contribution in [-0.2, 0) is 4.74 Å². The summed E-state index contributed by atoms with van der Waals surface area (Å²) < 4.78 is 5.24. The number of unbranched alkanes of at least 4 members (excludes halogenated alkanes) is 2. The van der Waals surface area contributed by atoms with Crippen LogP contribution >= 0.6 is 0 Å². The Balaban J connectivity index is 1.85. The Hall–Kier alpha value is -0.520. The van der Waals surface area contributed by atoms with Crippen molar-refractivity contribution < 1.29 is 4.74 Å². The molecule has 0 aliphatic carbocycles. The molecule has 1 rings (SSSR count). The Morgan fingerprint density at radius 1 is 1.50 bits per heavy atom. The molecule has 0 radical (unpaired) electrons. The smallest absolute Gasteiger partial charge is 0.0620 e. The quantitative estimate of drug-likeness (QED) is 0.490. The van der Waals surface area contributed by atoms with Crippen molar-refractivity contribution in [1.82, 2.24) is 5.32 Å². The number of nitrogens with one attached hydrogen (secondary N) is 1. The highest BCUT2D eigenvalue weighted by atomic mass is 16.5. The summed E-state index contributed by atoms with van der Waals surface area (Å²) in [5, 5.41) is 3.45. The van der Waals surface area contributed by atoms with E-state index in [9.17, 15) is 0 Å². The predicted molar refractivity (Wildman–Crippen MR) is 49.9 cm³/mol. The van der Waals surface area contributed by atoms with Crippen molar-refractivity contribution in [2.45, 2.75) is 31.7 Å². The number of ether oxygens (including phenoxy) is 1. The highest BCUT2D eigenvalue weighted by Crippen LogP contribution is 2.03. The molecule has 2 nitrogen and oxygen atoms in total. The molecule has 1 saturated heterocycles. The standard InChI is InChI=1S/C10H17NO/c1-2-3-4-5-7-11-10-6-8-12-9-10/h1,10-11H,3-9H2. The fraction of sp³-hybridized carbons (Fsp3) is 0.800. The van der Waals surface area contributed by atoms with Gasteiger partial charge in [-0.15, -0.1) is 12.3 Å². The molecule has 2 heteroatoms. The van der Waals surface area contributed by atoms with Crippen LogP contribution in [0.3, 0.4) is 0 Å². The van der Waals surface area contributed by atoms with E-state index in [0.717, 1.165) is 39.0 Å². The molecule has 1 fully saturated rings. The first-order chi connectivity index (χ1) is 5.93. The molecule has 1 aliphatic rings. The maximum Gasteiger partial charge on any atom is 0.0620 e. The van der Waals surface area contributed by atoms with Gasteiger partial charge in [0.05, 0.1) is 6.61 Å². The van der Waals surface area contributed by atoms with Crippen LogP contribution in [0.4, 0.5) is 0 Å². The number of terminal acetylenes is 1. The lowest BCUT2D eigenvalue weighted by Crippen LogP contribution is -2.29. The Bertz CT molecular complexity index is 144. The summed E-state index contributed by atoms with van der Waals surface area (Å²) in [5.41, 5.74) is 0. The lowest BCUT2D eigenvalue weighted by atomic mass is 10.2. The van der Waals surface area contributed by atoms with E-state index in [1.54, 1.807) is 0 Å². The third-order valence-electron chi connectivity index (χ3n) is 2.11. The largest absolute Gasteiger partial charge is 0.380 e. The van der Waals surface area contributed by atoms with E-state index in [-0.39, 0.29) is 0 Å². The molecule has 1 heterocycles. The SMILES string of the molecule is C#CCCCCNC1CCOC1. The van der Waals surface area contributed by atoms with Crippen molar-refractivity contribution in [3.63, 3.8) is 0 Å². The van der Waals surface area contributed by atoms with Crippen molar-refractivity contribution in [3.05, 3.63) is 0 Å². The average Bonchev–Trinajstić information content (AvgIpc) is 2.57. The van der Waals surface area contributed by atoms with E-state index in [2.05, 4.69) is 11.2 Å². The van der Waals surface area contributed by atoms with E-state index >= 15 is 0 Å². The summed E-state index contributed by atoms with van der Waals surface area (Å²) in [6.45, 7) is 2.88. The number of rotatable bonds is 5. The van der Waals surface area contributed by atoms with Crippen molar-refractivity contribution >= 4 is 0 Å². The van der Waals surface area contributed by atoms with E-state index < -0.39 is 0 Å². The van der Waals surface area contributed by atoms with Gasteiger partial charge in [-0.2, -0.15) is 0 Å². The first-order valence-corrected chi connectivity index (χ1v) is 4.68. The van der Waals surface area contributed by atoms with Gasteiger partial charge < -0.3 is 10.1 Å². The Kier molecular flexibility index (Phi) is 4.82. The zero-order chi connectivity index (χ0) is 8.65. The van der Waals surface area contributed by atoms with Gasteiger partial charge in [0.1, 0.15) is 0 Å². The molecule has 0 amide bonds. The van der Waals surface area contributed by atoms with E-state index in [1.807, 2.05) is 0 Å². The molecule has 12 heavy (non-hydrogen) atoms. The van der Waals surface area contributed by atoms with E-state index in [0.29, 0.717) is 6.04 Å². The first kappa shape index (κ1) is 9.57. The monoisotopic (exact) mass is 167 g/mol. The average molecular weight is 167 g/mol. The van der Waals surface area contributed by atoms with Gasteiger partial charge in [0.25, 0.3) is 0 Å². The van der Waals surface area contributed by atoms with Gasteiger partial charge in [-0.05, 0) is 25.8 Å². The molecular formula is C10H17NO. The van der Waals surface area contributed by atoms with Crippen LogP contribution in [0.25, 0.3) is 0 Å². The minimum absolute atomic E-state index is 0.593. The lowest BCUT2D eigenvalue weighted by Gasteiger charge is -2.08. The fourth-order valence-electron chi connectivity index (χ4n) is 1.35. The van der Waals surface area contributed by atoms with Gasteiger partial charge in [-0.1, -0.05) is 0 Å². The zero-order valence-electron chi connectivity index (χ0n) is 7.51. The highest BCUT2D eigenvalue weighted by molar-refractivity contribution is 4.83. The summed E-state index contributed by atoms with van der Waals surface area (Å²) in [6.07, 6.45) is 9.53. The molecule has 0 bridgehead atoms. The maximum atomic E-state index is 5.24. The van der Waals surface area contributed by atoms with Crippen molar-refractivity contribution in [2.24, 2.45) is 0 Å². The number of hydrogen-bond donors (Lipinski definition) is 1. The second kappa shape index (κ2) is 6.05. The molecule has 0 spiro atoms. The fourth-order valence-corrected chi connectivity index (χ4v) is 1.35. The summed E-state index contributed by atoms with van der Waals surface area (Å²) in [6, 6.07) is 0.593. The topological polar surface area (TPSA) is 21.3 Å². The minimum Gasteiger partial charge on any atom is -0.380 e. The second-order valence-electron chi connectivity index (χ2n) is 3.18. The summed E-state index contributed by atoms with van der Waals surface area (Å²) >= 11 is 0. The van der Waals surface area contributed by atoms with Crippen LogP contribution < -0.4 is 5.32 Å². The Labute approximate surface area is 74.7 Å². The van der Waals surface area contributed by atoms with E-state index in [4.69, 9.17) is 11.2 Å². The molecule has 68 valence electrons. The van der Waals surface area contributed by atoms with Crippen LogP contribution in [0.2, 0.25) is 0 Å². The first-order valence-electron chi connectivity index (χ1n) is 4.68. The van der Waals surface area contributed by atoms with Gasteiger partial charge in [-0.3, -0.25) is 0 Å². The van der Waals surface area contributed by atoms with Crippen molar-refractivity contribution in [2.75, 3.05) is 19.8 Å². The van der Waals surface area contributed by atoms with Crippen LogP contribution in [0.15, 0.2) is 0 Å². The van der Waals surface area contributed by atoms with Crippen LogP contribution in [0.1, 0.15) is 25.7 Å². The molecule has 1 unspecified atom stereocenters. The maximum absolute atomic E-state index is 5.24. The number of hydrogen-bond acceptors (Lipinski definition) is 2. The molecule has 1 N–H and O–H groups in total. The van der Waals surface area contributed by atoms with Crippen LogP contribution in [0, 0.1) is 12.3 Å². The van der Waals surface area contributed by atoms with Crippen LogP contribution in [0.5, 0.6) is 0 Å². The molecule has 0 aromatic carbocycles. The minimum atomic E-state index is 0.593. The molecule has 1 aliphatic heterocycles. The zero-order valence-corrected chi connectivity index (χ0v) is 7.51. The molecular weight excluding hydrogens is 150 g/mol. The van der Waals surface area contributed by atoms with Gasteiger partial charge in [0.2, 0.25) is 0 Å². The predicted octanol–water partition coefficient (Wildman–Crippen LogP) is 1.17. The van der Waals surface area contributed by atoms with Crippen molar-refractivity contribution in [3.8, 4) is 12.3 Å². The highest BCUT2D eigenvalue weighted by Gasteiger charge is 2.13. The third kappa shape index (κ3) is 3.75. The van der Waals surface area contributed by atoms with Gasteiger partial charge in [0.15, 0.2) is 0 Å². The Morgan fingerprint density at radius 3 is 3.08 bits per heavy atom. The summed E-state index contributed by atoms with van der Waals surface area (Å²) in [4.78, 5) is 0. The lowest BCUT2D eigenvalue weighted by molar-refractivity contribution is 0.190. The summed E-state index contributed by atoms with van der Waals surface area (Å²) in [5.74, 6) is 2.64. The van der Waals surface area contributed by atoms with Crippen molar-refractivity contribution in [1.29, 1.82) is 0 Å². The van der Waals surface area contributed by atoms with Gasteiger partial charge in [-0.25, -0.2) is 0 Å². The van der Waals surface area contributed by atoms with Crippen LogP contribution in [-0.4, -0.2) is 25.8 Å². The molecule has 1 atom stereocenters. The molecule has 0 aromatic rings. The second-order valence-corrected chi connectivity index (χ2v) is 3.18. The third-order valence-corrected chi connectivity index (χ3v) is 2.11. The van der Waals surface area contributed by atoms with Gasteiger partial charge in [0, 0.05) is 19.1 Å². The normalized spacial score (nSPS) is 22.4. The molecule has 0 aromatic heterocycles. The van der Waals surface area contributed by atoms with E-state index in [1.165, 1.54) is 6.42 Å². The molecule has 0 saturated carbocycles.